The number of unbranched alkanes of at least 4 members (excludes halogenated alkanes) is 3. The summed E-state index contributed by atoms with van der Waals surface area (Å²) in [5.74, 6) is -2.35. The van der Waals surface area contributed by atoms with Crippen molar-refractivity contribution in [3.63, 3.8) is 0 Å². The smallest absolute Gasteiger partial charge is 0.245 e. The molecular weight excluding hydrogens is 821 g/mol. The normalized spacial score (nSPS) is 24.7. The zero-order chi connectivity index (χ0) is 45.9. The third-order valence-electron chi connectivity index (χ3n) is 14.0. The lowest BCUT2D eigenvalue weighted by Crippen LogP contribution is -2.55. The van der Waals surface area contributed by atoms with E-state index in [1.165, 1.54) is 15.4 Å². The largest absolute Gasteiger partial charge is 0.347 e. The molecule has 350 valence electrons. The molecule has 2 aliphatic carbocycles. The second-order valence-corrected chi connectivity index (χ2v) is 18.4. The summed E-state index contributed by atoms with van der Waals surface area (Å²) in [6.07, 6.45) is 5.27. The van der Waals surface area contributed by atoms with Gasteiger partial charge in [-0.25, -0.2) is 8.78 Å². The first-order chi connectivity index (χ1) is 30.8. The van der Waals surface area contributed by atoms with Gasteiger partial charge in [-0.2, -0.15) is 0 Å². The van der Waals surface area contributed by atoms with Crippen LogP contribution in [-0.2, 0) is 41.6 Å². The summed E-state index contributed by atoms with van der Waals surface area (Å²) in [6, 6.07) is 10.7. The number of aryl methyl sites for hydroxylation is 2. The van der Waals surface area contributed by atoms with Crippen LogP contribution >= 0.6 is 0 Å². The second-order valence-electron chi connectivity index (χ2n) is 18.4. The van der Waals surface area contributed by atoms with Crippen molar-refractivity contribution in [3.05, 3.63) is 70.8 Å². The number of hydrogen-bond acceptors (Lipinski definition) is 8. The number of rotatable bonds is 20. The lowest BCUT2D eigenvalue weighted by Gasteiger charge is -2.31. The topological polar surface area (TPSA) is 169 Å². The molecule has 0 aromatic heterocycles. The maximum absolute atomic E-state index is 15.1. The maximum Gasteiger partial charge on any atom is 0.245 e. The number of carbonyl (C=O) groups is 6. The summed E-state index contributed by atoms with van der Waals surface area (Å²) in [4.78, 5) is 84.9. The summed E-state index contributed by atoms with van der Waals surface area (Å²) < 4.78 is 30.2. The van der Waals surface area contributed by atoms with E-state index in [2.05, 4.69) is 38.7 Å². The minimum atomic E-state index is -1.39. The summed E-state index contributed by atoms with van der Waals surface area (Å²) in [5, 5.41) is 14.6. The minimum Gasteiger partial charge on any atom is -0.347 e. The van der Waals surface area contributed by atoms with Gasteiger partial charge in [0.25, 0.3) is 0 Å². The van der Waals surface area contributed by atoms with Crippen LogP contribution in [0, 0.1) is 0 Å². The van der Waals surface area contributed by atoms with Gasteiger partial charge in [-0.05, 0) is 107 Å². The molecule has 0 unspecified atom stereocenters. The van der Waals surface area contributed by atoms with Crippen molar-refractivity contribution in [3.8, 4) is 0 Å². The molecule has 0 spiro atoms. The fourth-order valence-electron chi connectivity index (χ4n) is 10.0. The molecule has 2 heterocycles. The third-order valence-corrected chi connectivity index (χ3v) is 14.0. The Morgan fingerprint density at radius 1 is 0.656 bits per heavy atom. The molecule has 64 heavy (non-hydrogen) atoms. The summed E-state index contributed by atoms with van der Waals surface area (Å²) in [7, 11) is 3.27. The quantitative estimate of drug-likeness (QED) is 0.120. The van der Waals surface area contributed by atoms with Crippen molar-refractivity contribution in [2.75, 3.05) is 27.2 Å². The average Bonchev–Trinajstić information content (AvgIpc) is 3.90. The molecular formula is C49H69F2N7O6. The van der Waals surface area contributed by atoms with Crippen LogP contribution < -0.4 is 26.6 Å². The van der Waals surface area contributed by atoms with Crippen molar-refractivity contribution in [2.45, 2.75) is 171 Å². The number of hydrogen-bond donors (Lipinski definition) is 5. The molecule has 6 rings (SSSR count). The zero-order valence-corrected chi connectivity index (χ0v) is 38.0. The number of amides is 5. The van der Waals surface area contributed by atoms with E-state index in [1.807, 2.05) is 36.4 Å². The van der Waals surface area contributed by atoms with E-state index < -0.39 is 72.2 Å². The molecule has 2 aliphatic heterocycles. The Bertz CT molecular complexity index is 1830. The van der Waals surface area contributed by atoms with E-state index >= 15 is 8.78 Å². The highest BCUT2D eigenvalue weighted by molar-refractivity contribution is 5.95. The van der Waals surface area contributed by atoms with Gasteiger partial charge >= 0.3 is 0 Å². The van der Waals surface area contributed by atoms with Crippen molar-refractivity contribution in [1.82, 2.24) is 36.4 Å². The number of benzene rings is 2. The molecule has 13 nitrogen and oxygen atoms in total. The standard InChI is InChI=1S/C49H69F2N7O6/c1-30(52-3)45(60)55-40(48(63)57-28-35(50)26-42(57)44(59)25-34-19-13-17-32-15-9-11-20-37(32)34)22-7-5-6-8-23-41(56-46(61)31(2)53-4)49(64)58-29-36(51)27-43(58)47(62)54-39-24-14-18-33-16-10-12-21-38(33)39/h9-12,15-16,20-21,30-31,34-36,39-43,52-53H,5-8,13-14,17-19,22-29H2,1-4H3,(H,54,62)(H,55,60)(H,56,61)/t30-,31-,34-,35+,36-,39+,40-,41-,42-,43-/m0/s1. The number of fused-ring (bicyclic) bond motifs is 2. The number of Topliss-reactive ketones (excluding diaryl/α,β-unsaturated/α-hetero) is 1. The van der Waals surface area contributed by atoms with Gasteiger partial charge in [-0.1, -0.05) is 74.2 Å². The highest BCUT2D eigenvalue weighted by Gasteiger charge is 2.44. The number of alkyl halides is 2. The van der Waals surface area contributed by atoms with Crippen LogP contribution in [0.25, 0.3) is 0 Å². The zero-order valence-electron chi connectivity index (χ0n) is 38.0. The van der Waals surface area contributed by atoms with Gasteiger partial charge in [-0.3, -0.25) is 28.8 Å². The van der Waals surface area contributed by atoms with E-state index in [-0.39, 0.29) is 68.8 Å². The van der Waals surface area contributed by atoms with Gasteiger partial charge in [0.1, 0.15) is 30.5 Å². The molecule has 4 aliphatic rings. The molecule has 5 amide bonds. The lowest BCUT2D eigenvalue weighted by molar-refractivity contribution is -0.142. The SMILES string of the molecule is CN[C@@H](C)C(=O)N[C@@H](CCCCCC[C@H](NC(=O)[C@H](C)NC)C(=O)N1C[C@@H](F)C[C@H]1C(=O)N[C@@H]1CCCc2ccccc21)C(=O)N1C[C@H](F)C[C@H]1C(=O)C[C@@H]1CCCc2ccccc21. The monoisotopic (exact) mass is 890 g/mol. The molecule has 2 saturated heterocycles. The predicted octanol–water partition coefficient (Wildman–Crippen LogP) is 4.66. The highest BCUT2D eigenvalue weighted by atomic mass is 19.1. The first kappa shape index (κ1) is 48.7. The minimum absolute atomic E-state index is 0.0110. The Kier molecular flexibility index (Phi) is 17.4. The van der Waals surface area contributed by atoms with E-state index in [0.29, 0.717) is 25.7 Å². The predicted molar refractivity (Wildman–Crippen MR) is 241 cm³/mol. The summed E-state index contributed by atoms with van der Waals surface area (Å²) >= 11 is 0. The molecule has 2 aromatic rings. The van der Waals surface area contributed by atoms with E-state index in [0.717, 1.165) is 55.2 Å². The van der Waals surface area contributed by atoms with Crippen LogP contribution in [0.4, 0.5) is 8.78 Å². The fourth-order valence-corrected chi connectivity index (χ4v) is 10.0. The number of nitrogens with one attached hydrogen (secondary N) is 5. The van der Waals surface area contributed by atoms with E-state index in [1.54, 1.807) is 27.9 Å². The number of likely N-dealkylation sites (N-methyl/N-ethyl adjacent to an activating group) is 2. The van der Waals surface area contributed by atoms with Gasteiger partial charge < -0.3 is 36.4 Å². The Hall–Kier alpha value is -4.76. The highest BCUT2D eigenvalue weighted by Crippen LogP contribution is 2.36. The van der Waals surface area contributed by atoms with Crippen LogP contribution in [0.1, 0.15) is 132 Å². The molecule has 0 bridgehead atoms. The number of carbonyl (C=O) groups excluding carboxylic acids is 6. The van der Waals surface area contributed by atoms with Crippen molar-refractivity contribution < 1.29 is 37.5 Å². The van der Waals surface area contributed by atoms with Crippen LogP contribution in [0.15, 0.2) is 48.5 Å². The number of likely N-dealkylation sites (tertiary alicyclic amines) is 2. The van der Waals surface area contributed by atoms with Crippen molar-refractivity contribution in [2.24, 2.45) is 0 Å². The Labute approximate surface area is 377 Å². The first-order valence-corrected chi connectivity index (χ1v) is 23.6. The molecule has 10 atom stereocenters. The number of halogens is 2. The Morgan fingerprint density at radius 3 is 1.70 bits per heavy atom. The molecule has 5 N–H and O–H groups in total. The van der Waals surface area contributed by atoms with Crippen LogP contribution in [0.5, 0.6) is 0 Å². The van der Waals surface area contributed by atoms with Crippen molar-refractivity contribution >= 4 is 35.3 Å². The van der Waals surface area contributed by atoms with E-state index in [9.17, 15) is 28.8 Å². The second kappa shape index (κ2) is 22.9. The molecule has 2 fully saturated rings. The lowest BCUT2D eigenvalue weighted by atomic mass is 9.79. The van der Waals surface area contributed by atoms with Crippen LogP contribution in [0.2, 0.25) is 0 Å². The fraction of sp³-hybridized carbons (Fsp3) is 0.633. The van der Waals surface area contributed by atoms with Gasteiger partial charge in [-0.15, -0.1) is 0 Å². The number of nitrogens with zero attached hydrogens (tertiary/aromatic N) is 2. The summed E-state index contributed by atoms with van der Waals surface area (Å²) in [5.41, 5.74) is 4.57. The Morgan fingerprint density at radius 2 is 1.14 bits per heavy atom. The number of ketones is 1. The van der Waals surface area contributed by atoms with E-state index in [4.69, 9.17) is 0 Å². The van der Waals surface area contributed by atoms with Gasteiger partial charge in [0.15, 0.2) is 5.78 Å². The van der Waals surface area contributed by atoms with Crippen LogP contribution in [-0.4, -0.2) is 121 Å². The van der Waals surface area contributed by atoms with Crippen molar-refractivity contribution in [1.29, 1.82) is 0 Å². The maximum atomic E-state index is 15.1. The molecule has 2 aromatic carbocycles. The van der Waals surface area contributed by atoms with Crippen LogP contribution in [0.3, 0.4) is 0 Å². The summed E-state index contributed by atoms with van der Waals surface area (Å²) in [6.45, 7) is 2.88. The van der Waals surface area contributed by atoms with Gasteiger partial charge in [0, 0.05) is 19.3 Å². The molecule has 0 saturated carbocycles. The third kappa shape index (κ3) is 12.1. The molecule has 0 radical (unpaired) electrons. The van der Waals surface area contributed by atoms with Gasteiger partial charge in [0.2, 0.25) is 29.5 Å². The van der Waals surface area contributed by atoms with Gasteiger partial charge in [0.05, 0.1) is 37.3 Å². The Balaban J connectivity index is 1.07. The molecule has 15 heteroatoms. The first-order valence-electron chi connectivity index (χ1n) is 23.6. The average molecular weight is 890 g/mol.